The monoisotopic (exact) mass is 250 g/mol. The molecule has 0 amide bonds. The predicted octanol–water partition coefficient (Wildman–Crippen LogP) is 2.88. The number of nitrogens with zero attached hydrogens (tertiary/aromatic N) is 1. The summed E-state index contributed by atoms with van der Waals surface area (Å²) in [5.41, 5.74) is 1.10. The summed E-state index contributed by atoms with van der Waals surface area (Å²) in [6.07, 6.45) is 5.63. The maximum Gasteiger partial charge on any atom is 0.0114 e. The average molecular weight is 250 g/mol. The fraction of sp³-hybridized carbons (Fsp3) is 1.00. The first-order valence-electron chi connectivity index (χ1n) is 7.81. The molecule has 2 atom stereocenters. The zero-order valence-corrected chi connectivity index (χ0v) is 12.8. The van der Waals surface area contributed by atoms with Crippen LogP contribution in [0, 0.1) is 16.7 Å². The van der Waals surface area contributed by atoms with Gasteiger partial charge in [-0.1, -0.05) is 27.7 Å². The van der Waals surface area contributed by atoms with E-state index < -0.39 is 0 Å². The minimum absolute atomic E-state index is 0.548. The van der Waals surface area contributed by atoms with Crippen molar-refractivity contribution in [2.75, 3.05) is 13.6 Å². The highest BCUT2D eigenvalue weighted by Gasteiger charge is 2.65. The van der Waals surface area contributed by atoms with Crippen LogP contribution in [-0.2, 0) is 0 Å². The van der Waals surface area contributed by atoms with Crippen molar-refractivity contribution in [3.63, 3.8) is 0 Å². The SMILES string of the molecule is CNC1CC2CCC(C1)N2CC1C(C)(C)C1(C)C. The quantitative estimate of drug-likeness (QED) is 0.828. The Labute approximate surface area is 113 Å². The summed E-state index contributed by atoms with van der Waals surface area (Å²) in [6.45, 7) is 11.2. The molecule has 0 aromatic carbocycles. The normalized spacial score (nSPS) is 42.2. The average Bonchev–Trinajstić information content (AvgIpc) is 2.56. The predicted molar refractivity (Wildman–Crippen MR) is 76.6 cm³/mol. The van der Waals surface area contributed by atoms with Gasteiger partial charge in [-0.05, 0) is 49.5 Å². The molecule has 2 heteroatoms. The van der Waals surface area contributed by atoms with Crippen LogP contribution in [0.25, 0.3) is 0 Å². The minimum atomic E-state index is 0.548. The van der Waals surface area contributed by atoms with E-state index in [1.165, 1.54) is 32.2 Å². The van der Waals surface area contributed by atoms with Gasteiger partial charge in [-0.15, -0.1) is 0 Å². The van der Waals surface area contributed by atoms with Crippen LogP contribution in [0.4, 0.5) is 0 Å². The molecule has 18 heavy (non-hydrogen) atoms. The lowest BCUT2D eigenvalue weighted by Crippen LogP contribution is -2.49. The largest absolute Gasteiger partial charge is 0.317 e. The van der Waals surface area contributed by atoms with Crippen LogP contribution in [0.2, 0.25) is 0 Å². The van der Waals surface area contributed by atoms with E-state index >= 15 is 0 Å². The molecule has 1 saturated carbocycles. The van der Waals surface area contributed by atoms with Gasteiger partial charge < -0.3 is 5.32 Å². The highest BCUT2D eigenvalue weighted by Crippen LogP contribution is 2.68. The molecule has 2 unspecified atom stereocenters. The van der Waals surface area contributed by atoms with Crippen LogP contribution < -0.4 is 5.32 Å². The van der Waals surface area contributed by atoms with E-state index in [-0.39, 0.29) is 0 Å². The van der Waals surface area contributed by atoms with Gasteiger partial charge in [-0.25, -0.2) is 0 Å². The van der Waals surface area contributed by atoms with Crippen LogP contribution >= 0.6 is 0 Å². The van der Waals surface area contributed by atoms with Crippen molar-refractivity contribution in [2.24, 2.45) is 16.7 Å². The van der Waals surface area contributed by atoms with Gasteiger partial charge >= 0.3 is 0 Å². The van der Waals surface area contributed by atoms with E-state index in [4.69, 9.17) is 0 Å². The van der Waals surface area contributed by atoms with Crippen LogP contribution in [-0.4, -0.2) is 36.6 Å². The summed E-state index contributed by atoms with van der Waals surface area (Å²) < 4.78 is 0. The highest BCUT2D eigenvalue weighted by molar-refractivity contribution is 5.14. The van der Waals surface area contributed by atoms with E-state index in [1.54, 1.807) is 0 Å². The van der Waals surface area contributed by atoms with E-state index in [0.717, 1.165) is 24.0 Å². The Bertz CT molecular complexity index is 306. The van der Waals surface area contributed by atoms with E-state index in [9.17, 15) is 0 Å². The summed E-state index contributed by atoms with van der Waals surface area (Å²) >= 11 is 0. The second-order valence-electron chi connectivity index (χ2n) is 8.03. The van der Waals surface area contributed by atoms with Crippen molar-refractivity contribution in [1.29, 1.82) is 0 Å². The molecule has 2 nitrogen and oxygen atoms in total. The Kier molecular flexibility index (Phi) is 2.84. The molecule has 0 spiro atoms. The number of rotatable bonds is 3. The van der Waals surface area contributed by atoms with Crippen molar-refractivity contribution in [1.82, 2.24) is 10.2 Å². The fourth-order valence-electron chi connectivity index (χ4n) is 4.81. The van der Waals surface area contributed by atoms with Crippen molar-refractivity contribution in [3.8, 4) is 0 Å². The van der Waals surface area contributed by atoms with E-state index in [1.807, 2.05) is 0 Å². The van der Waals surface area contributed by atoms with Crippen LogP contribution in [0.3, 0.4) is 0 Å². The first-order chi connectivity index (χ1) is 8.38. The molecule has 3 rings (SSSR count). The molecule has 3 fully saturated rings. The van der Waals surface area contributed by atoms with Gasteiger partial charge in [0.25, 0.3) is 0 Å². The third-order valence-electron chi connectivity index (χ3n) is 7.01. The highest BCUT2D eigenvalue weighted by atomic mass is 15.2. The van der Waals surface area contributed by atoms with Gasteiger partial charge in [0.1, 0.15) is 0 Å². The maximum absolute atomic E-state index is 3.50. The Morgan fingerprint density at radius 3 is 1.89 bits per heavy atom. The topological polar surface area (TPSA) is 15.3 Å². The molecule has 2 heterocycles. The zero-order valence-electron chi connectivity index (χ0n) is 12.8. The lowest BCUT2D eigenvalue weighted by Gasteiger charge is -2.39. The van der Waals surface area contributed by atoms with Crippen molar-refractivity contribution in [2.45, 2.75) is 71.5 Å². The lowest BCUT2D eigenvalue weighted by atomic mass is 9.96. The van der Waals surface area contributed by atoms with Crippen molar-refractivity contribution < 1.29 is 0 Å². The van der Waals surface area contributed by atoms with Gasteiger partial charge in [0.2, 0.25) is 0 Å². The molecule has 2 saturated heterocycles. The lowest BCUT2D eigenvalue weighted by molar-refractivity contribution is 0.107. The number of hydrogen-bond donors (Lipinski definition) is 1. The summed E-state index contributed by atoms with van der Waals surface area (Å²) in [4.78, 5) is 2.87. The molecule has 3 aliphatic rings. The van der Waals surface area contributed by atoms with Crippen LogP contribution in [0.5, 0.6) is 0 Å². The Balaban J connectivity index is 1.66. The molecule has 1 N–H and O–H groups in total. The van der Waals surface area contributed by atoms with Gasteiger partial charge in [-0.3, -0.25) is 4.90 Å². The Morgan fingerprint density at radius 1 is 1.00 bits per heavy atom. The fourth-order valence-corrected chi connectivity index (χ4v) is 4.81. The number of piperidine rings is 1. The Morgan fingerprint density at radius 2 is 1.50 bits per heavy atom. The third kappa shape index (κ3) is 1.68. The molecule has 104 valence electrons. The first-order valence-corrected chi connectivity index (χ1v) is 7.81. The second kappa shape index (κ2) is 3.96. The number of nitrogens with one attached hydrogen (secondary N) is 1. The summed E-state index contributed by atoms with van der Waals surface area (Å²) in [5, 5.41) is 3.50. The van der Waals surface area contributed by atoms with Crippen LogP contribution in [0.15, 0.2) is 0 Å². The van der Waals surface area contributed by atoms with Crippen molar-refractivity contribution >= 4 is 0 Å². The van der Waals surface area contributed by atoms with Gasteiger partial charge in [0.15, 0.2) is 0 Å². The van der Waals surface area contributed by atoms with E-state index in [2.05, 4.69) is 45.0 Å². The first kappa shape index (κ1) is 12.9. The smallest absolute Gasteiger partial charge is 0.0114 e. The molecule has 0 aromatic rings. The van der Waals surface area contributed by atoms with Crippen molar-refractivity contribution in [3.05, 3.63) is 0 Å². The third-order valence-corrected chi connectivity index (χ3v) is 7.01. The molecular formula is C16H30N2. The standard InChI is InChI=1S/C16H30N2/c1-15(2)14(16(15,3)4)10-18-12-6-7-13(18)9-11(8-12)17-5/h11-14,17H,6-10H2,1-5H3. The number of fused-ring (bicyclic) bond motifs is 2. The van der Waals surface area contributed by atoms with Crippen LogP contribution in [0.1, 0.15) is 53.4 Å². The molecular weight excluding hydrogens is 220 g/mol. The Hall–Kier alpha value is -0.0800. The summed E-state index contributed by atoms with van der Waals surface area (Å²) in [5.74, 6) is 0.902. The summed E-state index contributed by atoms with van der Waals surface area (Å²) in [7, 11) is 2.13. The van der Waals surface area contributed by atoms with E-state index in [0.29, 0.717) is 10.8 Å². The minimum Gasteiger partial charge on any atom is -0.317 e. The molecule has 0 radical (unpaired) electrons. The van der Waals surface area contributed by atoms with Gasteiger partial charge in [0, 0.05) is 24.7 Å². The summed E-state index contributed by atoms with van der Waals surface area (Å²) in [6, 6.07) is 2.51. The molecule has 2 bridgehead atoms. The second-order valence-corrected chi connectivity index (χ2v) is 8.03. The molecule has 0 aromatic heterocycles. The van der Waals surface area contributed by atoms with Gasteiger partial charge in [-0.2, -0.15) is 0 Å². The number of hydrogen-bond acceptors (Lipinski definition) is 2. The van der Waals surface area contributed by atoms with Gasteiger partial charge in [0.05, 0.1) is 0 Å². The maximum atomic E-state index is 3.50. The molecule has 1 aliphatic carbocycles. The molecule has 2 aliphatic heterocycles. The zero-order chi connectivity index (χ0) is 13.1.